The van der Waals surface area contributed by atoms with Crippen molar-refractivity contribution in [1.82, 2.24) is 10.3 Å². The lowest BCUT2D eigenvalue weighted by molar-refractivity contribution is 0.0407. The van der Waals surface area contributed by atoms with E-state index in [0.29, 0.717) is 29.5 Å². The van der Waals surface area contributed by atoms with Crippen molar-refractivity contribution in [3.05, 3.63) is 42.1 Å². The molecule has 1 atom stereocenters. The highest BCUT2D eigenvalue weighted by atomic mass is 16.6. The molecule has 9 heteroatoms. The normalized spacial score (nSPS) is 13.1. The van der Waals surface area contributed by atoms with E-state index >= 15 is 0 Å². The molecule has 35 heavy (non-hydrogen) atoms. The van der Waals surface area contributed by atoms with E-state index in [4.69, 9.17) is 9.47 Å². The van der Waals surface area contributed by atoms with Crippen LogP contribution in [0.1, 0.15) is 53.5 Å². The topological polar surface area (TPSA) is 119 Å². The highest BCUT2D eigenvalue weighted by molar-refractivity contribution is 5.84. The molecule has 1 heterocycles. The zero-order valence-corrected chi connectivity index (χ0v) is 21.6. The van der Waals surface area contributed by atoms with Crippen LogP contribution in [0.2, 0.25) is 0 Å². The fraction of sp³-hybridized carbons (Fsp3) is 0.500. The first-order valence-corrected chi connectivity index (χ1v) is 11.5. The SMILES string of the molecule is COC(=O)Nc1cc(-c2ccc(OC[C@](C)(CC(C)C)NC(=O)OC(C)(C)C)c(CO)c2)ccn1. The Morgan fingerprint density at radius 2 is 1.74 bits per heavy atom. The van der Waals surface area contributed by atoms with Gasteiger partial charge in [-0.2, -0.15) is 0 Å². The Labute approximate surface area is 207 Å². The first-order chi connectivity index (χ1) is 16.3. The minimum Gasteiger partial charge on any atom is -0.491 e. The van der Waals surface area contributed by atoms with E-state index in [-0.39, 0.29) is 13.2 Å². The van der Waals surface area contributed by atoms with Crippen LogP contribution in [0.15, 0.2) is 36.5 Å². The van der Waals surface area contributed by atoms with E-state index in [9.17, 15) is 14.7 Å². The summed E-state index contributed by atoms with van der Waals surface area (Å²) in [6.45, 7) is 11.5. The van der Waals surface area contributed by atoms with Crippen molar-refractivity contribution < 1.29 is 28.9 Å². The number of carbonyl (C=O) groups excluding carboxylic acids is 2. The number of benzene rings is 1. The lowest BCUT2D eigenvalue weighted by Gasteiger charge is -2.33. The summed E-state index contributed by atoms with van der Waals surface area (Å²) >= 11 is 0. The maximum absolute atomic E-state index is 12.4. The molecule has 0 saturated heterocycles. The number of hydrogen-bond acceptors (Lipinski definition) is 7. The quantitative estimate of drug-likeness (QED) is 0.449. The molecule has 0 saturated carbocycles. The molecule has 0 aliphatic carbocycles. The molecule has 1 aromatic heterocycles. The number of nitrogens with one attached hydrogen (secondary N) is 2. The van der Waals surface area contributed by atoms with Crippen LogP contribution in [-0.2, 0) is 16.1 Å². The zero-order valence-electron chi connectivity index (χ0n) is 21.6. The van der Waals surface area contributed by atoms with Gasteiger partial charge in [0.1, 0.15) is 23.8 Å². The van der Waals surface area contributed by atoms with Gasteiger partial charge in [0.15, 0.2) is 0 Å². The van der Waals surface area contributed by atoms with Gasteiger partial charge in [0, 0.05) is 11.8 Å². The molecule has 2 rings (SSSR count). The molecule has 9 nitrogen and oxygen atoms in total. The highest BCUT2D eigenvalue weighted by Gasteiger charge is 2.31. The van der Waals surface area contributed by atoms with Crippen molar-refractivity contribution in [3.8, 4) is 16.9 Å². The van der Waals surface area contributed by atoms with Gasteiger partial charge in [0.2, 0.25) is 0 Å². The summed E-state index contributed by atoms with van der Waals surface area (Å²) in [5.74, 6) is 1.16. The largest absolute Gasteiger partial charge is 0.491 e. The van der Waals surface area contributed by atoms with Gasteiger partial charge in [0.05, 0.1) is 19.3 Å². The number of aliphatic hydroxyl groups is 1. The molecule has 0 unspecified atom stereocenters. The second kappa shape index (κ2) is 11.9. The van der Waals surface area contributed by atoms with E-state index in [0.717, 1.165) is 11.1 Å². The average molecular weight is 488 g/mol. The van der Waals surface area contributed by atoms with Crippen molar-refractivity contribution >= 4 is 18.0 Å². The number of ether oxygens (including phenoxy) is 3. The van der Waals surface area contributed by atoms with E-state index in [2.05, 4.69) is 34.2 Å². The second-order valence-corrected chi connectivity index (χ2v) is 10.1. The standard InChI is InChI=1S/C26H37N3O6/c1-17(2)14-26(6,29-24(32)35-25(3,4)5)16-34-21-9-8-18(12-20(21)15-30)19-10-11-27-22(13-19)28-23(31)33-7/h8-13,17,30H,14-16H2,1-7H3,(H,29,32)(H,27,28,31)/t26-/m0/s1. The Kier molecular flexibility index (Phi) is 9.47. The number of aromatic nitrogens is 1. The number of nitrogens with zero attached hydrogens (tertiary/aromatic N) is 1. The maximum atomic E-state index is 12.4. The lowest BCUT2D eigenvalue weighted by atomic mass is 9.91. The molecule has 0 fully saturated rings. The number of rotatable bonds is 9. The third kappa shape index (κ3) is 9.09. The fourth-order valence-electron chi connectivity index (χ4n) is 3.69. The monoisotopic (exact) mass is 487 g/mol. The van der Waals surface area contributed by atoms with Gasteiger partial charge in [-0.15, -0.1) is 0 Å². The van der Waals surface area contributed by atoms with Crippen LogP contribution in [0.3, 0.4) is 0 Å². The molecule has 2 aromatic rings. The van der Waals surface area contributed by atoms with E-state index < -0.39 is 23.3 Å². The predicted octanol–water partition coefficient (Wildman–Crippen LogP) is 5.13. The molecule has 0 aliphatic heterocycles. The van der Waals surface area contributed by atoms with Gasteiger partial charge < -0.3 is 24.6 Å². The first kappa shape index (κ1) is 27.9. The number of anilines is 1. The summed E-state index contributed by atoms with van der Waals surface area (Å²) in [6.07, 6.45) is 1.13. The van der Waals surface area contributed by atoms with E-state index in [1.807, 2.05) is 39.8 Å². The Balaban J connectivity index is 2.21. The molecule has 1 aromatic carbocycles. The smallest absolute Gasteiger partial charge is 0.412 e. The molecule has 0 radical (unpaired) electrons. The minimum absolute atomic E-state index is 0.194. The van der Waals surface area contributed by atoms with Crippen molar-refractivity contribution in [3.63, 3.8) is 0 Å². The molecule has 0 aliphatic rings. The lowest BCUT2D eigenvalue weighted by Crippen LogP contribution is -2.52. The van der Waals surface area contributed by atoms with Crippen LogP contribution in [0.25, 0.3) is 11.1 Å². The number of pyridine rings is 1. The average Bonchev–Trinajstić information content (AvgIpc) is 2.75. The van der Waals surface area contributed by atoms with Crippen molar-refractivity contribution in [1.29, 1.82) is 0 Å². The number of hydrogen-bond donors (Lipinski definition) is 3. The summed E-state index contributed by atoms with van der Waals surface area (Å²) in [5.41, 5.74) is 0.910. The van der Waals surface area contributed by atoms with Gasteiger partial charge in [-0.25, -0.2) is 14.6 Å². The van der Waals surface area contributed by atoms with Crippen molar-refractivity contribution in [2.24, 2.45) is 5.92 Å². The third-order valence-electron chi connectivity index (χ3n) is 4.95. The van der Waals surface area contributed by atoms with Gasteiger partial charge in [-0.05, 0) is 75.4 Å². The second-order valence-electron chi connectivity index (χ2n) is 10.1. The molecule has 0 bridgehead atoms. The van der Waals surface area contributed by atoms with E-state index in [1.165, 1.54) is 7.11 Å². The summed E-state index contributed by atoms with van der Waals surface area (Å²) in [6, 6.07) is 8.95. The van der Waals surface area contributed by atoms with Gasteiger partial charge in [0.25, 0.3) is 0 Å². The fourth-order valence-corrected chi connectivity index (χ4v) is 3.69. The summed E-state index contributed by atoms with van der Waals surface area (Å²) in [7, 11) is 1.28. The van der Waals surface area contributed by atoms with Crippen LogP contribution in [0.5, 0.6) is 5.75 Å². The maximum Gasteiger partial charge on any atom is 0.412 e. The number of methoxy groups -OCH3 is 1. The predicted molar refractivity (Wildman–Crippen MR) is 134 cm³/mol. The van der Waals surface area contributed by atoms with Crippen LogP contribution >= 0.6 is 0 Å². The molecular weight excluding hydrogens is 450 g/mol. The molecular formula is C26H37N3O6. The molecule has 2 amide bonds. The Morgan fingerprint density at radius 3 is 2.34 bits per heavy atom. The molecule has 3 N–H and O–H groups in total. The number of alkyl carbamates (subject to hydrolysis) is 1. The third-order valence-corrected chi connectivity index (χ3v) is 4.95. The van der Waals surface area contributed by atoms with Gasteiger partial charge in [-0.3, -0.25) is 5.32 Å². The first-order valence-electron chi connectivity index (χ1n) is 11.5. The summed E-state index contributed by atoms with van der Waals surface area (Å²) in [5, 5.41) is 15.5. The van der Waals surface area contributed by atoms with Crippen molar-refractivity contribution in [2.45, 2.75) is 65.7 Å². The Morgan fingerprint density at radius 1 is 1.06 bits per heavy atom. The zero-order chi connectivity index (χ0) is 26.2. The molecule has 0 spiro atoms. The van der Waals surface area contributed by atoms with Crippen molar-refractivity contribution in [2.75, 3.05) is 19.0 Å². The van der Waals surface area contributed by atoms with Crippen LogP contribution in [0, 0.1) is 5.92 Å². The minimum atomic E-state index is -0.679. The van der Waals surface area contributed by atoms with E-state index in [1.54, 1.807) is 24.4 Å². The Bertz CT molecular complexity index is 1020. The van der Waals surface area contributed by atoms with Crippen LogP contribution < -0.4 is 15.4 Å². The summed E-state index contributed by atoms with van der Waals surface area (Å²) in [4.78, 5) is 28.0. The van der Waals surface area contributed by atoms with Crippen LogP contribution in [-0.4, -0.2) is 47.1 Å². The van der Waals surface area contributed by atoms with Crippen LogP contribution in [0.4, 0.5) is 15.4 Å². The Hall–Kier alpha value is -3.33. The van der Waals surface area contributed by atoms with Gasteiger partial charge >= 0.3 is 12.2 Å². The van der Waals surface area contributed by atoms with Gasteiger partial charge in [-0.1, -0.05) is 19.9 Å². The number of amides is 2. The highest BCUT2D eigenvalue weighted by Crippen LogP contribution is 2.29. The number of aliphatic hydroxyl groups excluding tert-OH is 1. The molecule has 192 valence electrons. The number of carbonyl (C=O) groups is 2. The summed E-state index contributed by atoms with van der Waals surface area (Å²) < 4.78 is 16.1.